The molecule has 4 heteroatoms. The van der Waals surface area contributed by atoms with E-state index >= 15 is 0 Å². The minimum atomic E-state index is 0.188. The van der Waals surface area contributed by atoms with Crippen LogP contribution >= 0.6 is 0 Å². The molecule has 0 aliphatic heterocycles. The topological polar surface area (TPSA) is 38.1 Å². The van der Waals surface area contributed by atoms with Crippen LogP contribution in [0.25, 0.3) is 11.0 Å². The summed E-state index contributed by atoms with van der Waals surface area (Å²) in [6, 6.07) is 7.92. The van der Waals surface area contributed by atoms with Crippen LogP contribution < -0.4 is 0 Å². The number of rotatable bonds is 4. The molecule has 0 fully saturated rings. The molecule has 0 bridgehead atoms. The van der Waals surface area contributed by atoms with Crippen LogP contribution in [0.4, 0.5) is 0 Å². The first kappa shape index (κ1) is 11.8. The maximum atomic E-state index is 11.8. The molecule has 0 amide bonds. The Morgan fingerprint density at radius 2 is 2.06 bits per heavy atom. The predicted octanol–water partition coefficient (Wildman–Crippen LogP) is 1.25. The summed E-state index contributed by atoms with van der Waals surface area (Å²) in [7, 11) is 5.74. The van der Waals surface area contributed by atoms with Crippen LogP contribution in [0.1, 0.15) is 5.82 Å². The third-order valence-corrected chi connectivity index (χ3v) is 2.73. The van der Waals surface area contributed by atoms with Crippen molar-refractivity contribution in [3.05, 3.63) is 30.1 Å². The van der Waals surface area contributed by atoms with E-state index in [-0.39, 0.29) is 5.78 Å². The van der Waals surface area contributed by atoms with Gasteiger partial charge < -0.3 is 9.47 Å². The molecule has 2 rings (SSSR count). The molecule has 1 aromatic carbocycles. The van der Waals surface area contributed by atoms with Crippen molar-refractivity contribution in [3.8, 4) is 0 Å². The molecule has 1 aromatic heterocycles. The fourth-order valence-electron chi connectivity index (χ4n) is 1.94. The van der Waals surface area contributed by atoms with Crippen LogP contribution in [0.3, 0.4) is 0 Å². The second-order valence-electron chi connectivity index (χ2n) is 4.53. The average molecular weight is 231 g/mol. The van der Waals surface area contributed by atoms with Gasteiger partial charge in [-0.2, -0.15) is 0 Å². The monoisotopic (exact) mass is 231 g/mol. The van der Waals surface area contributed by atoms with Crippen molar-refractivity contribution in [1.82, 2.24) is 14.5 Å². The largest absolute Gasteiger partial charge is 0.331 e. The number of likely N-dealkylation sites (N-methyl/N-ethyl adjacent to an activating group) is 1. The van der Waals surface area contributed by atoms with E-state index in [4.69, 9.17) is 0 Å². The lowest BCUT2D eigenvalue weighted by molar-refractivity contribution is -0.119. The summed E-state index contributed by atoms with van der Waals surface area (Å²) in [6.45, 7) is 0.462. The van der Waals surface area contributed by atoms with E-state index in [1.807, 2.05) is 54.9 Å². The molecule has 0 spiro atoms. The first-order chi connectivity index (χ1) is 8.08. The zero-order chi connectivity index (χ0) is 12.4. The Bertz CT molecular complexity index is 543. The quantitative estimate of drug-likeness (QED) is 0.794. The fraction of sp³-hybridized carbons (Fsp3) is 0.385. The Kier molecular flexibility index (Phi) is 3.24. The van der Waals surface area contributed by atoms with Gasteiger partial charge in [-0.1, -0.05) is 12.1 Å². The number of nitrogens with zero attached hydrogens (tertiary/aromatic N) is 3. The molecule has 2 aromatic rings. The Morgan fingerprint density at radius 3 is 2.71 bits per heavy atom. The van der Waals surface area contributed by atoms with Gasteiger partial charge in [0.05, 0.1) is 24.0 Å². The van der Waals surface area contributed by atoms with E-state index in [0.29, 0.717) is 13.0 Å². The Labute approximate surface area is 101 Å². The smallest absolute Gasteiger partial charge is 0.154 e. The number of carbonyl (C=O) groups excluding carboxylic acids is 1. The normalized spacial score (nSPS) is 11.3. The van der Waals surface area contributed by atoms with Crippen molar-refractivity contribution in [1.29, 1.82) is 0 Å². The van der Waals surface area contributed by atoms with Crippen molar-refractivity contribution < 1.29 is 4.79 Å². The van der Waals surface area contributed by atoms with Crippen LogP contribution in [-0.2, 0) is 18.3 Å². The molecule has 0 aliphatic carbocycles. The molecule has 0 saturated carbocycles. The number of carbonyl (C=O) groups is 1. The first-order valence-corrected chi connectivity index (χ1v) is 5.64. The number of ketones is 1. The van der Waals surface area contributed by atoms with Crippen LogP contribution in [0.2, 0.25) is 0 Å². The van der Waals surface area contributed by atoms with Gasteiger partial charge >= 0.3 is 0 Å². The third-order valence-electron chi connectivity index (χ3n) is 2.73. The second-order valence-corrected chi connectivity index (χ2v) is 4.53. The van der Waals surface area contributed by atoms with Crippen LogP contribution in [0, 0.1) is 0 Å². The van der Waals surface area contributed by atoms with Gasteiger partial charge in [0.15, 0.2) is 5.78 Å². The second kappa shape index (κ2) is 4.67. The highest BCUT2D eigenvalue weighted by Crippen LogP contribution is 2.14. The van der Waals surface area contributed by atoms with Crippen LogP contribution in [-0.4, -0.2) is 40.9 Å². The van der Waals surface area contributed by atoms with Crippen molar-refractivity contribution in [2.75, 3.05) is 20.6 Å². The van der Waals surface area contributed by atoms with Crippen molar-refractivity contribution in [2.24, 2.45) is 7.05 Å². The average Bonchev–Trinajstić information content (AvgIpc) is 2.55. The molecule has 0 aliphatic rings. The van der Waals surface area contributed by atoms with Crippen LogP contribution in [0.15, 0.2) is 24.3 Å². The number of imidazole rings is 1. The summed E-state index contributed by atoms with van der Waals surface area (Å²) in [6.07, 6.45) is 0.392. The molecular formula is C13H17N3O. The minimum Gasteiger partial charge on any atom is -0.331 e. The highest BCUT2D eigenvalue weighted by Gasteiger charge is 2.11. The SMILES string of the molecule is CN(C)CC(=O)Cc1nc2ccccc2n1C. The number of aromatic nitrogens is 2. The van der Waals surface area contributed by atoms with Gasteiger partial charge in [0.1, 0.15) is 5.82 Å². The third kappa shape index (κ3) is 2.53. The highest BCUT2D eigenvalue weighted by atomic mass is 16.1. The number of para-hydroxylation sites is 2. The van der Waals surface area contributed by atoms with Gasteiger partial charge in [0, 0.05) is 7.05 Å². The summed E-state index contributed by atoms with van der Waals surface area (Å²) in [5.41, 5.74) is 2.02. The van der Waals surface area contributed by atoms with Gasteiger partial charge in [0.25, 0.3) is 0 Å². The van der Waals surface area contributed by atoms with E-state index < -0.39 is 0 Å². The Hall–Kier alpha value is -1.68. The molecule has 0 unspecified atom stereocenters. The number of aryl methyl sites for hydroxylation is 1. The number of fused-ring (bicyclic) bond motifs is 1. The van der Waals surface area contributed by atoms with Crippen molar-refractivity contribution in [2.45, 2.75) is 6.42 Å². The van der Waals surface area contributed by atoms with E-state index in [1.54, 1.807) is 0 Å². The van der Waals surface area contributed by atoms with Crippen molar-refractivity contribution in [3.63, 3.8) is 0 Å². The summed E-state index contributed by atoms with van der Waals surface area (Å²) in [4.78, 5) is 18.1. The zero-order valence-corrected chi connectivity index (χ0v) is 10.5. The number of hydrogen-bond acceptors (Lipinski definition) is 3. The predicted molar refractivity (Wildman–Crippen MR) is 68.0 cm³/mol. The molecule has 1 heterocycles. The molecule has 0 radical (unpaired) electrons. The van der Waals surface area contributed by atoms with E-state index in [0.717, 1.165) is 16.9 Å². The molecule has 17 heavy (non-hydrogen) atoms. The Morgan fingerprint density at radius 1 is 1.35 bits per heavy atom. The summed E-state index contributed by atoms with van der Waals surface area (Å²) in [5.74, 6) is 1.02. The first-order valence-electron chi connectivity index (χ1n) is 5.64. The summed E-state index contributed by atoms with van der Waals surface area (Å²) < 4.78 is 1.99. The molecule has 0 N–H and O–H groups in total. The lowest BCUT2D eigenvalue weighted by atomic mass is 10.2. The number of benzene rings is 1. The van der Waals surface area contributed by atoms with Crippen LogP contribution in [0.5, 0.6) is 0 Å². The Balaban J connectivity index is 2.24. The lowest BCUT2D eigenvalue weighted by Gasteiger charge is -2.07. The zero-order valence-electron chi connectivity index (χ0n) is 10.5. The fourth-order valence-corrected chi connectivity index (χ4v) is 1.94. The number of Topliss-reactive ketones (excluding diaryl/α,β-unsaturated/α-hetero) is 1. The lowest BCUT2D eigenvalue weighted by Crippen LogP contribution is -2.23. The van der Waals surface area contributed by atoms with E-state index in [2.05, 4.69) is 4.98 Å². The maximum absolute atomic E-state index is 11.8. The molecule has 0 atom stereocenters. The minimum absolute atomic E-state index is 0.188. The van der Waals surface area contributed by atoms with Crippen molar-refractivity contribution >= 4 is 16.8 Å². The molecule has 90 valence electrons. The van der Waals surface area contributed by atoms with E-state index in [1.165, 1.54) is 0 Å². The van der Waals surface area contributed by atoms with Gasteiger partial charge in [-0.25, -0.2) is 4.98 Å². The van der Waals surface area contributed by atoms with Gasteiger partial charge in [0.2, 0.25) is 0 Å². The van der Waals surface area contributed by atoms with Gasteiger partial charge in [-0.15, -0.1) is 0 Å². The van der Waals surface area contributed by atoms with Gasteiger partial charge in [-0.3, -0.25) is 4.79 Å². The summed E-state index contributed by atoms with van der Waals surface area (Å²) in [5, 5.41) is 0. The summed E-state index contributed by atoms with van der Waals surface area (Å²) >= 11 is 0. The molecule has 0 saturated heterocycles. The molecule has 4 nitrogen and oxygen atoms in total. The molecular weight excluding hydrogens is 214 g/mol. The highest BCUT2D eigenvalue weighted by molar-refractivity contribution is 5.83. The van der Waals surface area contributed by atoms with E-state index in [9.17, 15) is 4.79 Å². The standard InChI is InChI=1S/C13H17N3O/c1-15(2)9-10(17)8-13-14-11-6-4-5-7-12(11)16(13)3/h4-7H,8-9H2,1-3H3. The maximum Gasteiger partial charge on any atom is 0.154 e. The number of hydrogen-bond donors (Lipinski definition) is 0. The van der Waals surface area contributed by atoms with Gasteiger partial charge in [-0.05, 0) is 26.2 Å².